The predicted octanol–water partition coefficient (Wildman–Crippen LogP) is 3.49. The van der Waals surface area contributed by atoms with E-state index in [9.17, 15) is 24.0 Å². The van der Waals surface area contributed by atoms with Crippen LogP contribution in [0.5, 0.6) is 11.5 Å². The van der Waals surface area contributed by atoms with E-state index in [1.165, 1.54) is 12.1 Å². The molecule has 1 aliphatic heterocycles. The van der Waals surface area contributed by atoms with E-state index in [-0.39, 0.29) is 43.1 Å². The Morgan fingerprint density at radius 3 is 1.57 bits per heavy atom. The molecule has 1 fully saturated rings. The number of carbonyl (C=O) groups excluding carboxylic acids is 5. The molecule has 2 N–H and O–H groups in total. The summed E-state index contributed by atoms with van der Waals surface area (Å²) in [6.45, 7) is 11.6. The molecule has 4 amide bonds. The van der Waals surface area contributed by atoms with Crippen LogP contribution >= 0.6 is 0 Å². The van der Waals surface area contributed by atoms with Gasteiger partial charge in [0.05, 0.1) is 18.8 Å². The van der Waals surface area contributed by atoms with E-state index in [4.69, 9.17) is 23.8 Å². The van der Waals surface area contributed by atoms with Crippen molar-refractivity contribution in [1.82, 2.24) is 15.7 Å². The summed E-state index contributed by atoms with van der Waals surface area (Å²) in [5, 5.41) is 5.71. The van der Waals surface area contributed by atoms with Gasteiger partial charge in [-0.3, -0.25) is 9.59 Å². The molecule has 222 valence electrons. The Balaban J connectivity index is 1.96. The number of benzene rings is 1. The van der Waals surface area contributed by atoms with Crippen LogP contribution in [0, 0.1) is 0 Å². The molecule has 0 atom stereocenters. The summed E-state index contributed by atoms with van der Waals surface area (Å²) in [5.74, 6) is -1.59. The van der Waals surface area contributed by atoms with Gasteiger partial charge in [-0.15, -0.1) is 5.06 Å². The van der Waals surface area contributed by atoms with Crippen molar-refractivity contribution in [3.05, 3.63) is 23.8 Å². The minimum atomic E-state index is -0.933. The van der Waals surface area contributed by atoms with Gasteiger partial charge in [0.15, 0.2) is 0 Å². The van der Waals surface area contributed by atoms with Crippen LogP contribution < -0.4 is 20.1 Å². The van der Waals surface area contributed by atoms with Crippen molar-refractivity contribution >= 4 is 30.0 Å². The molecule has 13 heteroatoms. The number of hydrogen-bond acceptors (Lipinski definition) is 10. The molecule has 0 saturated carbocycles. The van der Waals surface area contributed by atoms with Gasteiger partial charge in [0.1, 0.15) is 22.7 Å². The summed E-state index contributed by atoms with van der Waals surface area (Å²) in [6.07, 6.45) is -0.259. The zero-order valence-corrected chi connectivity index (χ0v) is 23.9. The average Bonchev–Trinajstić information content (AvgIpc) is 3.13. The van der Waals surface area contributed by atoms with Crippen molar-refractivity contribution in [2.24, 2.45) is 0 Å². The van der Waals surface area contributed by atoms with Crippen LogP contribution in [0.15, 0.2) is 18.2 Å². The number of imide groups is 1. The number of carbonyl (C=O) groups is 5. The lowest BCUT2D eigenvalue weighted by Crippen LogP contribution is -2.33. The van der Waals surface area contributed by atoms with E-state index in [0.29, 0.717) is 31.0 Å². The maximum atomic E-state index is 12.7. The summed E-state index contributed by atoms with van der Waals surface area (Å²) in [5.41, 5.74) is -1.22. The first kappa shape index (κ1) is 32.2. The van der Waals surface area contributed by atoms with E-state index in [0.717, 1.165) is 0 Å². The molecule has 1 saturated heterocycles. The molecule has 0 aliphatic carbocycles. The largest absolute Gasteiger partial charge is 0.493 e. The Hall–Kier alpha value is -4.03. The lowest BCUT2D eigenvalue weighted by Gasteiger charge is -2.19. The summed E-state index contributed by atoms with van der Waals surface area (Å²) in [4.78, 5) is 64.9. The van der Waals surface area contributed by atoms with Crippen LogP contribution in [0.3, 0.4) is 0 Å². The summed E-state index contributed by atoms with van der Waals surface area (Å²) in [7, 11) is 0. The van der Waals surface area contributed by atoms with E-state index < -0.39 is 41.2 Å². The second-order valence-corrected chi connectivity index (χ2v) is 10.9. The topological polar surface area (TPSA) is 159 Å². The van der Waals surface area contributed by atoms with Gasteiger partial charge < -0.3 is 34.4 Å². The van der Waals surface area contributed by atoms with Crippen LogP contribution in [0.25, 0.3) is 0 Å². The minimum Gasteiger partial charge on any atom is -0.493 e. The Morgan fingerprint density at radius 1 is 0.750 bits per heavy atom. The van der Waals surface area contributed by atoms with Gasteiger partial charge in [0, 0.05) is 32.0 Å². The highest BCUT2D eigenvalue weighted by Gasteiger charge is 2.33. The lowest BCUT2D eigenvalue weighted by molar-refractivity contribution is -0.172. The third-order valence-corrected chi connectivity index (χ3v) is 4.81. The van der Waals surface area contributed by atoms with Crippen molar-refractivity contribution in [2.45, 2.75) is 78.4 Å². The van der Waals surface area contributed by atoms with Crippen molar-refractivity contribution < 1.29 is 47.8 Å². The molecule has 1 aromatic rings. The number of hydrogen-bond donors (Lipinski definition) is 2. The van der Waals surface area contributed by atoms with Gasteiger partial charge in [0.25, 0.3) is 11.8 Å². The van der Waals surface area contributed by atoms with Crippen LogP contribution in [0.4, 0.5) is 9.59 Å². The van der Waals surface area contributed by atoms with E-state index in [1.54, 1.807) is 47.6 Å². The molecule has 1 heterocycles. The predicted molar refractivity (Wildman–Crippen MR) is 142 cm³/mol. The summed E-state index contributed by atoms with van der Waals surface area (Å²) in [6, 6.07) is 4.35. The number of alkyl carbamates (subject to hydrolysis) is 2. The maximum absolute atomic E-state index is 12.7. The molecule has 13 nitrogen and oxygen atoms in total. The van der Waals surface area contributed by atoms with Crippen LogP contribution in [0.2, 0.25) is 0 Å². The minimum absolute atomic E-state index is 0.00115. The third-order valence-electron chi connectivity index (χ3n) is 4.81. The number of hydroxylamine groups is 2. The quantitative estimate of drug-likeness (QED) is 0.284. The van der Waals surface area contributed by atoms with E-state index in [2.05, 4.69) is 10.6 Å². The molecule has 40 heavy (non-hydrogen) atoms. The molecule has 1 aliphatic rings. The summed E-state index contributed by atoms with van der Waals surface area (Å²) >= 11 is 0. The first-order chi connectivity index (χ1) is 18.6. The monoisotopic (exact) mass is 565 g/mol. The molecule has 0 bridgehead atoms. The second-order valence-electron chi connectivity index (χ2n) is 10.9. The van der Waals surface area contributed by atoms with Gasteiger partial charge >= 0.3 is 18.2 Å². The fourth-order valence-corrected chi connectivity index (χ4v) is 3.18. The lowest BCUT2D eigenvalue weighted by atomic mass is 10.2. The highest BCUT2D eigenvalue weighted by Crippen LogP contribution is 2.25. The number of rotatable bonds is 12. The standard InChI is InChI=1S/C27H39N3O10/c1-26(2,3)38-24(34)28-11-7-13-36-19-15-18(23(33)40-30-21(31)9-10-22(30)32)16-20(17-19)37-14-8-12-29-25(35)39-27(4,5)6/h15-17H,7-14H2,1-6H3,(H,28,34)(H,29,35). The number of ether oxygens (including phenoxy) is 4. The molecule has 1 aromatic carbocycles. The maximum Gasteiger partial charge on any atom is 0.407 e. The summed E-state index contributed by atoms with van der Waals surface area (Å²) < 4.78 is 21.8. The number of nitrogens with zero attached hydrogens (tertiary/aromatic N) is 1. The number of nitrogens with one attached hydrogen (secondary N) is 2. The smallest absolute Gasteiger partial charge is 0.407 e. The van der Waals surface area contributed by atoms with Crippen LogP contribution in [-0.2, 0) is 23.9 Å². The van der Waals surface area contributed by atoms with Gasteiger partial charge in [-0.25, -0.2) is 14.4 Å². The van der Waals surface area contributed by atoms with Gasteiger partial charge in [-0.1, -0.05) is 0 Å². The fraction of sp³-hybridized carbons (Fsp3) is 0.593. The number of amides is 4. The zero-order chi connectivity index (χ0) is 29.9. The van der Waals surface area contributed by atoms with Crippen LogP contribution in [-0.4, -0.2) is 72.5 Å². The van der Waals surface area contributed by atoms with E-state index in [1.807, 2.05) is 0 Å². The second kappa shape index (κ2) is 14.4. The fourth-order valence-electron chi connectivity index (χ4n) is 3.18. The van der Waals surface area contributed by atoms with Crippen LogP contribution in [0.1, 0.15) is 77.6 Å². The highest BCUT2D eigenvalue weighted by molar-refractivity contribution is 6.02. The Morgan fingerprint density at radius 2 is 1.18 bits per heavy atom. The SMILES string of the molecule is CC(C)(C)OC(=O)NCCCOc1cc(OCCCNC(=O)OC(C)(C)C)cc(C(=O)ON2C(=O)CCC2=O)c1. The van der Waals surface area contributed by atoms with Crippen molar-refractivity contribution in [3.8, 4) is 11.5 Å². The Bertz CT molecular complexity index is 1000. The molecule has 0 unspecified atom stereocenters. The Kier molecular flexibility index (Phi) is 11.6. The first-order valence-electron chi connectivity index (χ1n) is 13.1. The average molecular weight is 566 g/mol. The van der Waals surface area contributed by atoms with Gasteiger partial charge in [-0.05, 0) is 66.5 Å². The third kappa shape index (κ3) is 12.2. The molecule has 0 aromatic heterocycles. The van der Waals surface area contributed by atoms with Crippen molar-refractivity contribution in [3.63, 3.8) is 0 Å². The normalized spacial score (nSPS) is 13.5. The highest BCUT2D eigenvalue weighted by atomic mass is 16.7. The molecule has 2 rings (SSSR count). The van der Waals surface area contributed by atoms with Crippen molar-refractivity contribution in [1.29, 1.82) is 0 Å². The first-order valence-corrected chi connectivity index (χ1v) is 13.1. The van der Waals surface area contributed by atoms with Gasteiger partial charge in [-0.2, -0.15) is 0 Å². The van der Waals surface area contributed by atoms with Gasteiger partial charge in [0.2, 0.25) is 0 Å². The molecular weight excluding hydrogens is 526 g/mol. The molecule has 0 spiro atoms. The molecular formula is C27H39N3O10. The Labute approximate surface area is 233 Å². The van der Waals surface area contributed by atoms with E-state index >= 15 is 0 Å². The van der Waals surface area contributed by atoms with Crippen molar-refractivity contribution in [2.75, 3.05) is 26.3 Å². The zero-order valence-electron chi connectivity index (χ0n) is 23.9. The molecule has 0 radical (unpaired) electrons.